The summed E-state index contributed by atoms with van der Waals surface area (Å²) >= 11 is 0. The van der Waals surface area contributed by atoms with Gasteiger partial charge in [-0.25, -0.2) is 0 Å². The zero-order valence-corrected chi connectivity index (χ0v) is 15.3. The molecule has 4 rings (SSSR count). The van der Waals surface area contributed by atoms with Gasteiger partial charge in [-0.3, -0.25) is 0 Å². The largest absolute Gasteiger partial charge is 0.455 e. The molecule has 0 aliphatic rings. The first-order valence-electron chi connectivity index (χ1n) is 8.86. The second-order valence-corrected chi connectivity index (χ2v) is 6.02. The Hall–Kier alpha value is -4.44. The number of anilines is 4. The van der Waals surface area contributed by atoms with Crippen molar-refractivity contribution < 1.29 is 4.74 Å². The van der Waals surface area contributed by atoms with Gasteiger partial charge in [0.2, 0.25) is 5.95 Å². The van der Waals surface area contributed by atoms with Crippen LogP contribution >= 0.6 is 0 Å². The molecule has 0 aliphatic carbocycles. The summed E-state index contributed by atoms with van der Waals surface area (Å²) in [6, 6.07) is 26.2. The maximum absolute atomic E-state index is 8.89. The lowest BCUT2D eigenvalue weighted by atomic mass is 10.2. The maximum atomic E-state index is 8.89. The molecule has 0 aliphatic heterocycles. The summed E-state index contributed by atoms with van der Waals surface area (Å²) in [5.41, 5.74) is 2.09. The van der Waals surface area contributed by atoms with Gasteiger partial charge >= 0.3 is 0 Å². The summed E-state index contributed by atoms with van der Waals surface area (Å²) < 4.78 is 5.96. The summed E-state index contributed by atoms with van der Waals surface area (Å²) in [7, 11) is 0. The molecule has 29 heavy (non-hydrogen) atoms. The Morgan fingerprint density at radius 3 is 2.38 bits per heavy atom. The van der Waals surface area contributed by atoms with Gasteiger partial charge in [-0.2, -0.15) is 15.3 Å². The van der Waals surface area contributed by atoms with E-state index in [0.717, 1.165) is 17.1 Å². The number of hydrogen-bond donors (Lipinski definition) is 2. The maximum Gasteiger partial charge on any atom is 0.249 e. The van der Waals surface area contributed by atoms with E-state index in [-0.39, 0.29) is 0 Å². The molecule has 0 fully saturated rings. The number of ether oxygens (including phenoxy) is 1. The number of nitrogens with zero attached hydrogens (tertiary/aromatic N) is 4. The monoisotopic (exact) mass is 380 g/mol. The Balaban J connectivity index is 1.51. The van der Waals surface area contributed by atoms with Gasteiger partial charge in [-0.1, -0.05) is 30.3 Å². The highest BCUT2D eigenvalue weighted by Gasteiger charge is 2.07. The van der Waals surface area contributed by atoms with Crippen molar-refractivity contribution in [3.05, 3.63) is 90.6 Å². The minimum atomic E-state index is 0.334. The van der Waals surface area contributed by atoms with Crippen LogP contribution in [0.2, 0.25) is 0 Å². The first-order valence-corrected chi connectivity index (χ1v) is 8.86. The van der Waals surface area contributed by atoms with Crippen LogP contribution in [0, 0.1) is 11.3 Å². The molecular weight excluding hydrogens is 364 g/mol. The lowest BCUT2D eigenvalue weighted by Gasteiger charge is -2.12. The van der Waals surface area contributed by atoms with Crippen LogP contribution in [0.3, 0.4) is 0 Å². The first kappa shape index (κ1) is 17.9. The Morgan fingerprint density at radius 2 is 1.59 bits per heavy atom. The third kappa shape index (κ3) is 4.64. The molecule has 1 aromatic heterocycles. The predicted molar refractivity (Wildman–Crippen MR) is 111 cm³/mol. The molecule has 0 bridgehead atoms. The number of hydrogen-bond acceptors (Lipinski definition) is 7. The fourth-order valence-electron chi connectivity index (χ4n) is 2.59. The van der Waals surface area contributed by atoms with Gasteiger partial charge in [0, 0.05) is 5.69 Å². The molecule has 0 saturated heterocycles. The van der Waals surface area contributed by atoms with Crippen molar-refractivity contribution in [1.29, 1.82) is 5.26 Å². The molecule has 0 radical (unpaired) electrons. The normalized spacial score (nSPS) is 10.0. The van der Waals surface area contributed by atoms with Crippen LogP contribution in [0.1, 0.15) is 5.56 Å². The van der Waals surface area contributed by atoms with E-state index in [1.165, 1.54) is 6.20 Å². The molecule has 7 heteroatoms. The zero-order valence-electron chi connectivity index (χ0n) is 15.3. The van der Waals surface area contributed by atoms with Gasteiger partial charge in [0.05, 0.1) is 23.5 Å². The van der Waals surface area contributed by atoms with Crippen molar-refractivity contribution in [3.8, 4) is 17.6 Å². The molecule has 1 heterocycles. The van der Waals surface area contributed by atoms with Gasteiger partial charge in [-0.15, -0.1) is 5.10 Å². The summed E-state index contributed by atoms with van der Waals surface area (Å²) in [4.78, 5) is 4.44. The van der Waals surface area contributed by atoms with Crippen molar-refractivity contribution in [1.82, 2.24) is 15.2 Å². The second-order valence-electron chi connectivity index (χ2n) is 6.02. The van der Waals surface area contributed by atoms with E-state index in [4.69, 9.17) is 10.00 Å². The number of nitrogens with one attached hydrogen (secondary N) is 2. The van der Waals surface area contributed by atoms with E-state index in [1.54, 1.807) is 24.3 Å². The molecule has 2 N–H and O–H groups in total. The molecule has 0 atom stereocenters. The predicted octanol–water partition coefficient (Wildman–Crippen LogP) is 5.02. The summed E-state index contributed by atoms with van der Waals surface area (Å²) in [6.45, 7) is 0. The van der Waals surface area contributed by atoms with Crippen LogP contribution < -0.4 is 15.4 Å². The van der Waals surface area contributed by atoms with Crippen molar-refractivity contribution in [3.63, 3.8) is 0 Å². The van der Waals surface area contributed by atoms with Crippen LogP contribution in [0.5, 0.6) is 11.5 Å². The third-order valence-electron chi connectivity index (χ3n) is 3.95. The van der Waals surface area contributed by atoms with Gasteiger partial charge < -0.3 is 15.4 Å². The quantitative estimate of drug-likeness (QED) is 0.485. The third-order valence-corrected chi connectivity index (χ3v) is 3.95. The van der Waals surface area contributed by atoms with Gasteiger partial charge in [0.15, 0.2) is 11.6 Å². The molecule has 7 nitrogen and oxygen atoms in total. The topological polar surface area (TPSA) is 95.8 Å². The molecule has 3 aromatic carbocycles. The van der Waals surface area contributed by atoms with Crippen molar-refractivity contribution in [2.75, 3.05) is 10.6 Å². The second kappa shape index (κ2) is 8.50. The van der Waals surface area contributed by atoms with E-state index in [9.17, 15) is 0 Å². The summed E-state index contributed by atoms with van der Waals surface area (Å²) in [5.74, 6) is 2.26. The number of aromatic nitrogens is 3. The van der Waals surface area contributed by atoms with Crippen molar-refractivity contribution in [2.45, 2.75) is 0 Å². The van der Waals surface area contributed by atoms with Crippen LogP contribution in [0.25, 0.3) is 0 Å². The Kier molecular flexibility index (Phi) is 5.26. The molecule has 0 unspecified atom stereocenters. The number of benzene rings is 3. The van der Waals surface area contributed by atoms with Crippen LogP contribution in [0.4, 0.5) is 23.1 Å². The van der Waals surface area contributed by atoms with Gasteiger partial charge in [0.1, 0.15) is 5.75 Å². The Morgan fingerprint density at radius 1 is 0.828 bits per heavy atom. The van der Waals surface area contributed by atoms with Crippen molar-refractivity contribution >= 4 is 23.1 Å². The van der Waals surface area contributed by atoms with E-state index in [1.807, 2.05) is 54.6 Å². The molecular formula is C22H16N6O. The molecule has 140 valence electrons. The van der Waals surface area contributed by atoms with E-state index in [0.29, 0.717) is 23.1 Å². The minimum absolute atomic E-state index is 0.334. The molecule has 4 aromatic rings. The fourth-order valence-corrected chi connectivity index (χ4v) is 2.59. The number of nitriles is 1. The smallest absolute Gasteiger partial charge is 0.249 e. The minimum Gasteiger partial charge on any atom is -0.455 e. The standard InChI is InChI=1S/C22H16N6O/c23-14-16-10-12-17(13-11-16)25-22-27-21(15-24-28-22)26-19-8-4-5-9-20(19)29-18-6-2-1-3-7-18/h1-13,15H,(H2,25,26,27,28). The van der Waals surface area contributed by atoms with Crippen molar-refractivity contribution in [2.24, 2.45) is 0 Å². The SMILES string of the molecule is N#Cc1ccc(Nc2nncc(Nc3ccccc3Oc3ccccc3)n2)cc1. The lowest BCUT2D eigenvalue weighted by Crippen LogP contribution is -2.03. The lowest BCUT2D eigenvalue weighted by molar-refractivity contribution is 0.485. The summed E-state index contributed by atoms with van der Waals surface area (Å²) in [6.07, 6.45) is 1.53. The average Bonchev–Trinajstić information content (AvgIpc) is 2.77. The Labute approximate surface area is 167 Å². The highest BCUT2D eigenvalue weighted by atomic mass is 16.5. The molecule has 0 spiro atoms. The van der Waals surface area contributed by atoms with E-state index < -0.39 is 0 Å². The summed E-state index contributed by atoms with van der Waals surface area (Å²) in [5, 5.41) is 23.2. The van der Waals surface area contributed by atoms with E-state index in [2.05, 4.69) is 31.9 Å². The number of para-hydroxylation sites is 3. The Bertz CT molecular complexity index is 1140. The fraction of sp³-hybridized carbons (Fsp3) is 0. The van der Waals surface area contributed by atoms with Crippen LogP contribution in [-0.2, 0) is 0 Å². The highest BCUT2D eigenvalue weighted by Crippen LogP contribution is 2.31. The van der Waals surface area contributed by atoms with E-state index >= 15 is 0 Å². The van der Waals surface area contributed by atoms with Crippen LogP contribution in [0.15, 0.2) is 85.1 Å². The van der Waals surface area contributed by atoms with Crippen LogP contribution in [-0.4, -0.2) is 15.2 Å². The number of rotatable bonds is 6. The first-order chi connectivity index (χ1) is 14.3. The average molecular weight is 380 g/mol. The molecule has 0 amide bonds. The zero-order chi connectivity index (χ0) is 19.9. The van der Waals surface area contributed by atoms with Gasteiger partial charge in [0.25, 0.3) is 0 Å². The van der Waals surface area contributed by atoms with Gasteiger partial charge in [-0.05, 0) is 48.5 Å². The highest BCUT2D eigenvalue weighted by molar-refractivity contribution is 5.65. The molecule has 0 saturated carbocycles.